The van der Waals surface area contributed by atoms with E-state index in [0.29, 0.717) is 19.6 Å². The molecule has 3 atom stereocenters. The minimum absolute atomic E-state index is 0.112. The molecule has 0 bridgehead atoms. The third kappa shape index (κ3) is 4.37. The van der Waals surface area contributed by atoms with Crippen LogP contribution in [0.25, 0.3) is 0 Å². The predicted octanol–water partition coefficient (Wildman–Crippen LogP) is 2.17. The van der Waals surface area contributed by atoms with Crippen molar-refractivity contribution in [1.82, 2.24) is 10.2 Å². The van der Waals surface area contributed by atoms with Gasteiger partial charge in [0.05, 0.1) is 12.6 Å². The Morgan fingerprint density at radius 2 is 2.23 bits per heavy atom. The summed E-state index contributed by atoms with van der Waals surface area (Å²) in [5.74, 6) is 1.10. The average molecular weight is 306 g/mol. The molecule has 2 amide bonds. The third-order valence-electron chi connectivity index (χ3n) is 4.17. The minimum Gasteiger partial charge on any atom is -0.489 e. The van der Waals surface area contributed by atoms with Gasteiger partial charge in [0, 0.05) is 13.1 Å². The highest BCUT2D eigenvalue weighted by Crippen LogP contribution is 2.18. The van der Waals surface area contributed by atoms with Gasteiger partial charge in [-0.25, -0.2) is 4.79 Å². The van der Waals surface area contributed by atoms with Crippen LogP contribution in [0.15, 0.2) is 24.3 Å². The number of nitrogens with zero attached hydrogens (tertiary/aromatic N) is 1. The van der Waals surface area contributed by atoms with Crippen molar-refractivity contribution in [3.63, 3.8) is 0 Å². The van der Waals surface area contributed by atoms with Gasteiger partial charge < -0.3 is 20.1 Å². The average Bonchev–Trinajstić information content (AvgIpc) is 2.50. The maximum atomic E-state index is 12.1. The van der Waals surface area contributed by atoms with Gasteiger partial charge in [0.1, 0.15) is 11.9 Å². The van der Waals surface area contributed by atoms with E-state index in [1.54, 1.807) is 4.90 Å². The van der Waals surface area contributed by atoms with Gasteiger partial charge in [-0.05, 0) is 37.8 Å². The standard InChI is InChI=1S/C17H26N2O3/c1-12-8-9-19(11-15(12)20)17(21)18-10-14(3)22-16-7-5-4-6-13(16)2/h4-7,12,14-15,20H,8-11H2,1-3H3,(H,18,21). The highest BCUT2D eigenvalue weighted by Gasteiger charge is 2.27. The number of β-amino-alcohol motifs (C(OH)–C–C–N with tert-alkyl or cyclic N) is 1. The Kier molecular flexibility index (Phi) is 5.66. The molecular weight excluding hydrogens is 280 g/mol. The van der Waals surface area contributed by atoms with Crippen molar-refractivity contribution < 1.29 is 14.6 Å². The lowest BCUT2D eigenvalue weighted by molar-refractivity contribution is 0.0431. The number of hydrogen-bond acceptors (Lipinski definition) is 3. The summed E-state index contributed by atoms with van der Waals surface area (Å²) in [5, 5.41) is 12.7. The number of carbonyl (C=O) groups excluding carboxylic acids is 1. The molecule has 1 aromatic rings. The Hall–Kier alpha value is -1.75. The smallest absolute Gasteiger partial charge is 0.317 e. The Bertz CT molecular complexity index is 506. The second-order valence-electron chi connectivity index (χ2n) is 6.16. The van der Waals surface area contributed by atoms with Gasteiger partial charge in [0.15, 0.2) is 0 Å². The summed E-state index contributed by atoms with van der Waals surface area (Å²) in [4.78, 5) is 13.8. The van der Waals surface area contributed by atoms with Gasteiger partial charge in [-0.2, -0.15) is 0 Å². The first-order chi connectivity index (χ1) is 10.5. The predicted molar refractivity (Wildman–Crippen MR) is 86.0 cm³/mol. The van der Waals surface area contributed by atoms with Gasteiger partial charge in [0.25, 0.3) is 0 Å². The summed E-state index contributed by atoms with van der Waals surface area (Å²) in [5.41, 5.74) is 1.08. The van der Waals surface area contributed by atoms with Crippen molar-refractivity contribution >= 4 is 6.03 Å². The van der Waals surface area contributed by atoms with Crippen molar-refractivity contribution in [1.29, 1.82) is 0 Å². The molecule has 0 saturated carbocycles. The number of rotatable bonds is 4. The van der Waals surface area contributed by atoms with E-state index in [2.05, 4.69) is 5.32 Å². The molecule has 1 aliphatic heterocycles. The van der Waals surface area contributed by atoms with Gasteiger partial charge in [-0.3, -0.25) is 0 Å². The zero-order chi connectivity index (χ0) is 16.1. The van der Waals surface area contributed by atoms with Crippen LogP contribution < -0.4 is 10.1 Å². The van der Waals surface area contributed by atoms with Crippen molar-refractivity contribution in [3.8, 4) is 5.75 Å². The number of aryl methyl sites for hydroxylation is 1. The van der Waals surface area contributed by atoms with Gasteiger partial charge in [-0.15, -0.1) is 0 Å². The van der Waals surface area contributed by atoms with Crippen LogP contribution in [0, 0.1) is 12.8 Å². The molecule has 122 valence electrons. The number of nitrogens with one attached hydrogen (secondary N) is 1. The number of aliphatic hydroxyl groups excluding tert-OH is 1. The lowest BCUT2D eigenvalue weighted by atomic mass is 9.96. The fourth-order valence-corrected chi connectivity index (χ4v) is 2.52. The number of benzene rings is 1. The fraction of sp³-hybridized carbons (Fsp3) is 0.588. The van der Waals surface area contributed by atoms with E-state index < -0.39 is 6.10 Å². The summed E-state index contributed by atoms with van der Waals surface area (Å²) in [6.07, 6.45) is 0.294. The number of aliphatic hydroxyl groups is 1. The maximum absolute atomic E-state index is 12.1. The van der Waals surface area contributed by atoms with E-state index in [4.69, 9.17) is 4.74 Å². The van der Waals surface area contributed by atoms with Crippen LogP contribution in [0.4, 0.5) is 4.79 Å². The molecular formula is C17H26N2O3. The maximum Gasteiger partial charge on any atom is 0.317 e. The molecule has 0 aromatic heterocycles. The molecule has 0 radical (unpaired) electrons. The van der Waals surface area contributed by atoms with Crippen LogP contribution >= 0.6 is 0 Å². The molecule has 1 fully saturated rings. The Balaban J connectivity index is 1.77. The summed E-state index contributed by atoms with van der Waals surface area (Å²) in [6.45, 7) is 7.47. The molecule has 1 saturated heterocycles. The van der Waals surface area contributed by atoms with Crippen molar-refractivity contribution in [2.24, 2.45) is 5.92 Å². The Morgan fingerprint density at radius 3 is 2.91 bits per heavy atom. The first-order valence-electron chi connectivity index (χ1n) is 7.90. The molecule has 1 heterocycles. The number of amides is 2. The molecule has 0 spiro atoms. The van der Waals surface area contributed by atoms with E-state index >= 15 is 0 Å². The van der Waals surface area contributed by atoms with E-state index in [1.165, 1.54) is 0 Å². The van der Waals surface area contributed by atoms with Gasteiger partial charge in [0.2, 0.25) is 0 Å². The van der Waals surface area contributed by atoms with Crippen molar-refractivity contribution in [2.45, 2.75) is 39.4 Å². The summed E-state index contributed by atoms with van der Waals surface area (Å²) >= 11 is 0. The SMILES string of the molecule is Cc1ccccc1OC(C)CNC(=O)N1CCC(C)C(O)C1. The van der Waals surface area contributed by atoms with Crippen molar-refractivity contribution in [3.05, 3.63) is 29.8 Å². The lowest BCUT2D eigenvalue weighted by Gasteiger charge is -2.34. The topological polar surface area (TPSA) is 61.8 Å². The summed E-state index contributed by atoms with van der Waals surface area (Å²) in [7, 11) is 0. The quantitative estimate of drug-likeness (QED) is 0.896. The first-order valence-corrected chi connectivity index (χ1v) is 7.90. The fourth-order valence-electron chi connectivity index (χ4n) is 2.52. The number of carbonyl (C=O) groups is 1. The molecule has 2 N–H and O–H groups in total. The zero-order valence-electron chi connectivity index (χ0n) is 13.6. The number of hydrogen-bond donors (Lipinski definition) is 2. The van der Waals surface area contributed by atoms with E-state index in [1.807, 2.05) is 45.0 Å². The monoisotopic (exact) mass is 306 g/mol. The first kappa shape index (κ1) is 16.6. The Labute approximate surface area is 132 Å². The van der Waals surface area contributed by atoms with E-state index in [-0.39, 0.29) is 18.1 Å². The number of urea groups is 1. The van der Waals surface area contributed by atoms with Gasteiger partial charge >= 0.3 is 6.03 Å². The minimum atomic E-state index is -0.430. The Morgan fingerprint density at radius 1 is 1.50 bits per heavy atom. The molecule has 1 aliphatic rings. The second-order valence-corrected chi connectivity index (χ2v) is 6.16. The molecule has 1 aromatic carbocycles. The van der Waals surface area contributed by atoms with Crippen LogP contribution in [-0.4, -0.2) is 47.9 Å². The van der Waals surface area contributed by atoms with Crippen LogP contribution in [0.3, 0.4) is 0 Å². The number of para-hydroxylation sites is 1. The number of ether oxygens (including phenoxy) is 1. The van der Waals surface area contributed by atoms with Crippen LogP contribution in [0.1, 0.15) is 25.8 Å². The molecule has 3 unspecified atom stereocenters. The van der Waals surface area contributed by atoms with E-state index in [9.17, 15) is 9.90 Å². The largest absolute Gasteiger partial charge is 0.489 e. The molecule has 22 heavy (non-hydrogen) atoms. The number of likely N-dealkylation sites (tertiary alicyclic amines) is 1. The lowest BCUT2D eigenvalue weighted by Crippen LogP contribution is -2.50. The zero-order valence-corrected chi connectivity index (χ0v) is 13.6. The molecule has 5 heteroatoms. The molecule has 2 rings (SSSR count). The summed E-state index contributed by atoms with van der Waals surface area (Å²) in [6, 6.07) is 7.69. The van der Waals surface area contributed by atoms with Crippen LogP contribution in [0.5, 0.6) is 5.75 Å². The molecule has 5 nitrogen and oxygen atoms in total. The highest BCUT2D eigenvalue weighted by molar-refractivity contribution is 5.74. The van der Waals surface area contributed by atoms with E-state index in [0.717, 1.165) is 17.7 Å². The summed E-state index contributed by atoms with van der Waals surface area (Å²) < 4.78 is 5.84. The van der Waals surface area contributed by atoms with Gasteiger partial charge in [-0.1, -0.05) is 25.1 Å². The third-order valence-corrected chi connectivity index (χ3v) is 4.17. The highest BCUT2D eigenvalue weighted by atomic mass is 16.5. The normalized spacial score (nSPS) is 23.0. The second kappa shape index (κ2) is 7.49. The number of piperidine rings is 1. The van der Waals surface area contributed by atoms with Crippen LogP contribution in [-0.2, 0) is 0 Å². The van der Waals surface area contributed by atoms with Crippen LogP contribution in [0.2, 0.25) is 0 Å². The molecule has 0 aliphatic carbocycles. The van der Waals surface area contributed by atoms with Crippen molar-refractivity contribution in [2.75, 3.05) is 19.6 Å².